The van der Waals surface area contributed by atoms with E-state index in [1.54, 1.807) is 0 Å². The molecule has 10 heteroatoms. The number of rotatable bonds is 5. The molecule has 0 bridgehead atoms. The van der Waals surface area contributed by atoms with Gasteiger partial charge in [-0.2, -0.15) is 26.3 Å². The van der Waals surface area contributed by atoms with Crippen LogP contribution in [-0.4, -0.2) is 43.1 Å². The average molecular weight is 452 g/mol. The lowest BCUT2D eigenvalue weighted by Gasteiger charge is -2.45. The Labute approximate surface area is 176 Å². The predicted octanol–water partition coefficient (Wildman–Crippen LogP) is 5.26. The van der Waals surface area contributed by atoms with Crippen molar-refractivity contribution in [1.29, 1.82) is 0 Å². The summed E-state index contributed by atoms with van der Waals surface area (Å²) in [5.41, 5.74) is -4.09. The maximum atomic E-state index is 13.6. The van der Waals surface area contributed by atoms with Crippen LogP contribution < -0.4 is 10.1 Å². The van der Waals surface area contributed by atoms with Crippen molar-refractivity contribution in [2.24, 2.45) is 0 Å². The number of nitrogens with one attached hydrogen (secondary N) is 1. The Morgan fingerprint density at radius 1 is 1.00 bits per heavy atom. The monoisotopic (exact) mass is 452 g/mol. The second kappa shape index (κ2) is 8.88. The molecule has 2 aliphatic carbocycles. The van der Waals surface area contributed by atoms with E-state index in [0.29, 0.717) is 18.5 Å². The lowest BCUT2D eigenvalue weighted by atomic mass is 9.84. The molecule has 0 spiro atoms. The normalized spacial score (nSPS) is 22.9. The summed E-state index contributed by atoms with van der Waals surface area (Å²) >= 11 is 0. The molecular weight excluding hydrogens is 426 g/mol. The van der Waals surface area contributed by atoms with Crippen molar-refractivity contribution in [3.05, 3.63) is 28.8 Å². The number of hydrogen-bond acceptors (Lipinski definition) is 3. The van der Waals surface area contributed by atoms with Crippen LogP contribution in [0.4, 0.5) is 26.3 Å². The van der Waals surface area contributed by atoms with Crippen LogP contribution in [0.1, 0.15) is 66.4 Å². The minimum absolute atomic E-state index is 0.0298. The Bertz CT molecular complexity index is 804. The van der Waals surface area contributed by atoms with Gasteiger partial charge in [0, 0.05) is 18.1 Å². The SMILES string of the molecule is COc1cc(C(F)(F)F)cc(C(F)(F)F)c1C(=O)N[C@@H]1CCCC[C@@H]1N(C)C1CCC1. The van der Waals surface area contributed by atoms with E-state index in [2.05, 4.69) is 10.2 Å². The quantitative estimate of drug-likeness (QED) is 0.620. The molecule has 1 amide bonds. The standard InChI is InChI=1S/C21H26F6N2O2/c1-29(13-6-5-7-13)16-9-4-3-8-15(16)28-19(30)18-14(21(25,26)27)10-12(20(22,23)24)11-17(18)31-2/h10-11,13,15-16H,3-9H2,1-2H3,(H,28,30)/t15-,16+/m1/s1. The van der Waals surface area contributed by atoms with Gasteiger partial charge in [0.25, 0.3) is 5.91 Å². The van der Waals surface area contributed by atoms with E-state index in [-0.39, 0.29) is 18.2 Å². The van der Waals surface area contributed by atoms with Gasteiger partial charge in [-0.05, 0) is 44.9 Å². The van der Waals surface area contributed by atoms with Gasteiger partial charge in [0.05, 0.1) is 23.8 Å². The number of hydrogen-bond donors (Lipinski definition) is 1. The molecule has 2 fully saturated rings. The molecule has 1 aromatic carbocycles. The molecule has 0 unspecified atom stereocenters. The number of ether oxygens (including phenoxy) is 1. The summed E-state index contributed by atoms with van der Waals surface area (Å²) in [7, 11) is 2.90. The second-order valence-electron chi connectivity index (χ2n) is 8.28. The number of halogens is 6. The van der Waals surface area contributed by atoms with Crippen molar-refractivity contribution in [2.45, 2.75) is 75.4 Å². The number of carbonyl (C=O) groups is 1. The lowest BCUT2D eigenvalue weighted by Crippen LogP contribution is -2.56. The van der Waals surface area contributed by atoms with Gasteiger partial charge in [-0.25, -0.2) is 0 Å². The fraction of sp³-hybridized carbons (Fsp3) is 0.667. The highest BCUT2D eigenvalue weighted by Crippen LogP contribution is 2.41. The number of carbonyl (C=O) groups excluding carboxylic acids is 1. The fourth-order valence-electron chi connectivity index (χ4n) is 4.47. The topological polar surface area (TPSA) is 41.6 Å². The smallest absolute Gasteiger partial charge is 0.417 e. The van der Waals surface area contributed by atoms with Crippen LogP contribution in [0.25, 0.3) is 0 Å². The highest BCUT2D eigenvalue weighted by molar-refractivity contribution is 5.99. The van der Waals surface area contributed by atoms with E-state index < -0.39 is 40.7 Å². The van der Waals surface area contributed by atoms with Crippen LogP contribution in [0.3, 0.4) is 0 Å². The molecule has 0 saturated heterocycles. The van der Waals surface area contributed by atoms with Crippen molar-refractivity contribution >= 4 is 5.91 Å². The van der Waals surface area contributed by atoms with E-state index in [9.17, 15) is 31.1 Å². The van der Waals surface area contributed by atoms with Gasteiger partial charge >= 0.3 is 12.4 Å². The minimum atomic E-state index is -5.16. The maximum absolute atomic E-state index is 13.6. The number of likely N-dealkylation sites (N-methyl/N-ethyl adjacent to an activating group) is 1. The average Bonchev–Trinajstić information content (AvgIpc) is 2.64. The number of amides is 1. The van der Waals surface area contributed by atoms with Gasteiger partial charge in [0.1, 0.15) is 5.75 Å². The molecular formula is C21H26F6N2O2. The molecule has 31 heavy (non-hydrogen) atoms. The molecule has 2 atom stereocenters. The number of benzene rings is 1. The Kier molecular flexibility index (Phi) is 6.78. The molecule has 2 saturated carbocycles. The third-order valence-electron chi connectivity index (χ3n) is 6.40. The molecule has 2 aliphatic rings. The molecule has 4 nitrogen and oxygen atoms in total. The molecule has 1 N–H and O–H groups in total. The third kappa shape index (κ3) is 5.10. The first-order valence-corrected chi connectivity index (χ1v) is 10.3. The molecule has 0 aromatic heterocycles. The van der Waals surface area contributed by atoms with Crippen LogP contribution in [-0.2, 0) is 12.4 Å². The molecule has 1 aromatic rings. The first-order chi connectivity index (χ1) is 14.4. The van der Waals surface area contributed by atoms with Gasteiger partial charge in [-0.15, -0.1) is 0 Å². The second-order valence-corrected chi connectivity index (χ2v) is 8.28. The number of methoxy groups -OCH3 is 1. The summed E-state index contributed by atoms with van der Waals surface area (Å²) in [6.07, 6.45) is -3.81. The zero-order chi connectivity index (χ0) is 23.0. The van der Waals surface area contributed by atoms with Crippen molar-refractivity contribution in [1.82, 2.24) is 10.2 Å². The largest absolute Gasteiger partial charge is 0.496 e. The Morgan fingerprint density at radius 3 is 2.16 bits per heavy atom. The highest BCUT2D eigenvalue weighted by Gasteiger charge is 2.42. The first-order valence-electron chi connectivity index (χ1n) is 10.3. The van der Waals surface area contributed by atoms with Crippen LogP contribution >= 0.6 is 0 Å². The minimum Gasteiger partial charge on any atom is -0.496 e. The van der Waals surface area contributed by atoms with Gasteiger partial charge in [0.2, 0.25) is 0 Å². The van der Waals surface area contributed by atoms with E-state index in [4.69, 9.17) is 4.74 Å². The summed E-state index contributed by atoms with van der Waals surface area (Å²) < 4.78 is 85.0. The Hall–Kier alpha value is -1.97. The number of nitrogens with zero attached hydrogens (tertiary/aromatic N) is 1. The Morgan fingerprint density at radius 2 is 1.65 bits per heavy atom. The Balaban J connectivity index is 1.94. The zero-order valence-corrected chi connectivity index (χ0v) is 17.4. The summed E-state index contributed by atoms with van der Waals surface area (Å²) in [6, 6.07) is 0.366. The van der Waals surface area contributed by atoms with Crippen molar-refractivity contribution < 1.29 is 35.9 Å². The fourth-order valence-corrected chi connectivity index (χ4v) is 4.47. The summed E-state index contributed by atoms with van der Waals surface area (Å²) in [5.74, 6) is -1.82. The van der Waals surface area contributed by atoms with E-state index in [1.165, 1.54) is 0 Å². The van der Waals surface area contributed by atoms with E-state index in [1.807, 2.05) is 7.05 Å². The van der Waals surface area contributed by atoms with Crippen molar-refractivity contribution in [3.8, 4) is 5.75 Å². The highest BCUT2D eigenvalue weighted by atomic mass is 19.4. The molecule has 0 heterocycles. The predicted molar refractivity (Wildman–Crippen MR) is 102 cm³/mol. The molecule has 0 aliphatic heterocycles. The maximum Gasteiger partial charge on any atom is 0.417 e. The van der Waals surface area contributed by atoms with E-state index in [0.717, 1.165) is 45.6 Å². The summed E-state index contributed by atoms with van der Waals surface area (Å²) in [6.45, 7) is 0. The van der Waals surface area contributed by atoms with E-state index >= 15 is 0 Å². The van der Waals surface area contributed by atoms with Crippen LogP contribution in [0.15, 0.2) is 12.1 Å². The zero-order valence-electron chi connectivity index (χ0n) is 17.4. The third-order valence-corrected chi connectivity index (χ3v) is 6.40. The van der Waals surface area contributed by atoms with Crippen molar-refractivity contribution in [2.75, 3.05) is 14.2 Å². The van der Waals surface area contributed by atoms with Gasteiger partial charge in [0.15, 0.2) is 0 Å². The van der Waals surface area contributed by atoms with Gasteiger partial charge in [-0.1, -0.05) is 19.3 Å². The van der Waals surface area contributed by atoms with Gasteiger partial charge < -0.3 is 10.1 Å². The molecule has 174 valence electrons. The van der Waals surface area contributed by atoms with Crippen molar-refractivity contribution in [3.63, 3.8) is 0 Å². The summed E-state index contributed by atoms with van der Waals surface area (Å²) in [5, 5.41) is 2.67. The molecule has 3 rings (SSSR count). The van der Waals surface area contributed by atoms with Gasteiger partial charge in [-0.3, -0.25) is 9.69 Å². The number of alkyl halides is 6. The first kappa shape index (κ1) is 23.7. The molecule has 0 radical (unpaired) electrons. The van der Waals surface area contributed by atoms with Crippen LogP contribution in [0.5, 0.6) is 5.75 Å². The lowest BCUT2D eigenvalue weighted by molar-refractivity contribution is -0.143. The van der Waals surface area contributed by atoms with Crippen LogP contribution in [0, 0.1) is 0 Å². The van der Waals surface area contributed by atoms with Crippen LogP contribution in [0.2, 0.25) is 0 Å². The summed E-state index contributed by atoms with van der Waals surface area (Å²) in [4.78, 5) is 15.1.